The number of carbonyl (C=O) groups excluding carboxylic acids is 5. The molecule has 0 unspecified atom stereocenters. The first-order chi connectivity index (χ1) is 20.6. The van der Waals surface area contributed by atoms with E-state index in [1.807, 2.05) is 37.3 Å². The molecule has 3 N–H and O–H groups in total. The molecule has 1 saturated heterocycles. The Hall–Kier alpha value is -3.49. The first-order valence-electron chi connectivity index (χ1n) is 15.9. The van der Waals surface area contributed by atoms with Gasteiger partial charge in [0.15, 0.2) is 0 Å². The number of likely N-dealkylation sites (tertiary alicyclic amines) is 1. The maximum absolute atomic E-state index is 13.8. The molecule has 4 amide bonds. The van der Waals surface area contributed by atoms with Crippen LogP contribution in [0.25, 0.3) is 0 Å². The second-order valence-corrected chi connectivity index (χ2v) is 13.1. The van der Waals surface area contributed by atoms with Crippen LogP contribution >= 0.6 is 0 Å². The lowest BCUT2D eigenvalue weighted by Gasteiger charge is -2.35. The molecule has 43 heavy (non-hydrogen) atoms. The number of hydrogen-bond donors (Lipinski definition) is 3. The number of allylic oxidation sites excluding steroid dienone is 1. The van der Waals surface area contributed by atoms with E-state index in [0.717, 1.165) is 31.2 Å². The standard InChI is InChI=1S/C34H48N4O5/c1-5-6-17-26(30(40)32(42)35-19-18-27(39)36-20-23-13-9-7-10-14-23)37-31(41)29-28-25(34(28,3)4)21-38(29)33(43)22(2)24-15-11-8-12-16-24/h5,7,9-10,13-14,22,24-26,28-29H,1,6,8,11-12,15-21H2,2-4H3,(H,35,42)(H,36,39)(H,37,41)/t22-,25-,26-,28-,29-/m0/s1. The monoisotopic (exact) mass is 592 g/mol. The quantitative estimate of drug-likeness (QED) is 0.225. The molecule has 3 aliphatic rings. The van der Waals surface area contributed by atoms with Gasteiger partial charge in [0.25, 0.3) is 5.91 Å². The Balaban J connectivity index is 1.34. The molecule has 1 heterocycles. The van der Waals surface area contributed by atoms with Gasteiger partial charge in [-0.15, -0.1) is 6.58 Å². The number of carbonyl (C=O) groups is 5. The highest BCUT2D eigenvalue weighted by Crippen LogP contribution is 2.65. The van der Waals surface area contributed by atoms with Crippen LogP contribution in [0.3, 0.4) is 0 Å². The Kier molecular flexibility index (Phi) is 10.8. The number of nitrogens with zero attached hydrogens (tertiary/aromatic N) is 1. The summed E-state index contributed by atoms with van der Waals surface area (Å²) >= 11 is 0. The molecule has 1 aromatic carbocycles. The van der Waals surface area contributed by atoms with E-state index in [9.17, 15) is 24.0 Å². The van der Waals surface area contributed by atoms with Crippen molar-refractivity contribution in [1.29, 1.82) is 0 Å². The van der Waals surface area contributed by atoms with E-state index in [-0.39, 0.29) is 60.3 Å². The van der Waals surface area contributed by atoms with Crippen molar-refractivity contribution < 1.29 is 24.0 Å². The fourth-order valence-corrected chi connectivity index (χ4v) is 7.14. The average Bonchev–Trinajstić information content (AvgIpc) is 3.32. The fraction of sp³-hybridized carbons (Fsp3) is 0.618. The molecule has 0 spiro atoms. The molecule has 4 rings (SSSR count). The zero-order valence-corrected chi connectivity index (χ0v) is 25.9. The molecule has 0 radical (unpaired) electrons. The molecule has 3 fully saturated rings. The third-order valence-electron chi connectivity index (χ3n) is 9.99. The first-order valence-corrected chi connectivity index (χ1v) is 15.9. The van der Waals surface area contributed by atoms with Crippen molar-refractivity contribution in [3.63, 3.8) is 0 Å². The summed E-state index contributed by atoms with van der Waals surface area (Å²) in [6.07, 6.45) is 7.86. The lowest BCUT2D eigenvalue weighted by Crippen LogP contribution is -2.56. The van der Waals surface area contributed by atoms with Gasteiger partial charge in [-0.3, -0.25) is 24.0 Å². The Bertz CT molecular complexity index is 1190. The predicted molar refractivity (Wildman–Crippen MR) is 164 cm³/mol. The number of Topliss-reactive ketones (excluding diaryl/α,β-unsaturated/α-hetero) is 1. The normalized spacial score (nSPS) is 23.8. The van der Waals surface area contributed by atoms with Crippen LogP contribution < -0.4 is 16.0 Å². The molecule has 9 nitrogen and oxygen atoms in total. The predicted octanol–water partition coefficient (Wildman–Crippen LogP) is 3.53. The van der Waals surface area contributed by atoms with Gasteiger partial charge in [0.1, 0.15) is 6.04 Å². The lowest BCUT2D eigenvalue weighted by atomic mass is 9.80. The lowest BCUT2D eigenvalue weighted by molar-refractivity contribution is -0.146. The molecule has 9 heteroatoms. The molecule has 0 aromatic heterocycles. The molecule has 2 saturated carbocycles. The Morgan fingerprint density at radius 3 is 2.42 bits per heavy atom. The summed E-state index contributed by atoms with van der Waals surface area (Å²) in [7, 11) is 0. The van der Waals surface area contributed by atoms with E-state index < -0.39 is 23.8 Å². The highest BCUT2D eigenvalue weighted by atomic mass is 16.2. The Morgan fingerprint density at radius 1 is 1.05 bits per heavy atom. The number of ketones is 1. The number of fused-ring (bicyclic) bond motifs is 1. The summed E-state index contributed by atoms with van der Waals surface area (Å²) in [6, 6.07) is 7.77. The minimum atomic E-state index is -1.05. The third kappa shape index (κ3) is 7.73. The highest BCUT2D eigenvalue weighted by Gasteiger charge is 2.69. The summed E-state index contributed by atoms with van der Waals surface area (Å²) < 4.78 is 0. The van der Waals surface area contributed by atoms with Gasteiger partial charge in [-0.2, -0.15) is 0 Å². The Labute approximate surface area is 255 Å². The smallest absolute Gasteiger partial charge is 0.289 e. The van der Waals surface area contributed by atoms with Gasteiger partial charge in [-0.05, 0) is 54.4 Å². The molecule has 2 aliphatic carbocycles. The van der Waals surface area contributed by atoms with Crippen molar-refractivity contribution in [1.82, 2.24) is 20.9 Å². The summed E-state index contributed by atoms with van der Waals surface area (Å²) in [4.78, 5) is 67.5. The minimum absolute atomic E-state index is 0.00474. The van der Waals surface area contributed by atoms with Crippen LogP contribution in [-0.4, -0.2) is 59.5 Å². The van der Waals surface area contributed by atoms with Gasteiger partial charge in [-0.1, -0.05) is 76.4 Å². The zero-order valence-electron chi connectivity index (χ0n) is 25.9. The van der Waals surface area contributed by atoms with Gasteiger partial charge in [-0.25, -0.2) is 0 Å². The van der Waals surface area contributed by atoms with Gasteiger partial charge in [0.05, 0.1) is 6.04 Å². The van der Waals surface area contributed by atoms with Crippen LogP contribution in [0.4, 0.5) is 0 Å². The number of hydrogen-bond acceptors (Lipinski definition) is 5. The fourth-order valence-electron chi connectivity index (χ4n) is 7.14. The minimum Gasteiger partial charge on any atom is -0.352 e. The van der Waals surface area contributed by atoms with Gasteiger partial charge < -0.3 is 20.9 Å². The number of piperidine rings is 1. The van der Waals surface area contributed by atoms with Crippen LogP contribution in [0.5, 0.6) is 0 Å². The number of nitrogens with one attached hydrogen (secondary N) is 3. The maximum atomic E-state index is 13.8. The third-order valence-corrected chi connectivity index (χ3v) is 9.99. The second kappa shape index (κ2) is 14.3. The molecular weight excluding hydrogens is 544 g/mol. The van der Waals surface area contributed by atoms with Crippen molar-refractivity contribution in [2.75, 3.05) is 13.1 Å². The first kappa shape index (κ1) is 32.4. The number of amides is 4. The van der Waals surface area contributed by atoms with Crippen molar-refractivity contribution >= 4 is 29.4 Å². The SMILES string of the molecule is C=CCC[C@H](NC(=O)[C@@H]1[C@@H]2[C@H](CN1C(=O)[C@@H](C)C1CCCCC1)C2(C)C)C(=O)C(=O)NCCC(=O)NCc1ccccc1. The van der Waals surface area contributed by atoms with E-state index in [4.69, 9.17) is 0 Å². The van der Waals surface area contributed by atoms with Crippen molar-refractivity contribution in [3.8, 4) is 0 Å². The van der Waals surface area contributed by atoms with Crippen LogP contribution in [0.1, 0.15) is 77.7 Å². The van der Waals surface area contributed by atoms with Gasteiger partial charge in [0.2, 0.25) is 23.5 Å². The van der Waals surface area contributed by atoms with Crippen LogP contribution in [0.15, 0.2) is 43.0 Å². The van der Waals surface area contributed by atoms with E-state index in [2.05, 4.69) is 36.4 Å². The molecular formula is C34H48N4O5. The second-order valence-electron chi connectivity index (χ2n) is 13.1. The Morgan fingerprint density at radius 2 is 1.74 bits per heavy atom. The largest absolute Gasteiger partial charge is 0.352 e. The summed E-state index contributed by atoms with van der Waals surface area (Å²) in [5, 5.41) is 8.16. The summed E-state index contributed by atoms with van der Waals surface area (Å²) in [6.45, 7) is 10.9. The van der Waals surface area contributed by atoms with Gasteiger partial charge >= 0.3 is 0 Å². The number of rotatable bonds is 14. The molecule has 0 bridgehead atoms. The van der Waals surface area contributed by atoms with E-state index in [1.54, 1.807) is 11.0 Å². The van der Waals surface area contributed by atoms with Crippen LogP contribution in [-0.2, 0) is 30.5 Å². The number of benzene rings is 1. The van der Waals surface area contributed by atoms with E-state index >= 15 is 0 Å². The zero-order chi connectivity index (χ0) is 31.1. The van der Waals surface area contributed by atoms with E-state index in [0.29, 0.717) is 25.4 Å². The molecule has 1 aliphatic heterocycles. The molecule has 5 atom stereocenters. The molecule has 234 valence electrons. The van der Waals surface area contributed by atoms with Crippen LogP contribution in [0.2, 0.25) is 0 Å². The average molecular weight is 593 g/mol. The van der Waals surface area contributed by atoms with Crippen molar-refractivity contribution in [2.24, 2.45) is 29.1 Å². The van der Waals surface area contributed by atoms with E-state index in [1.165, 1.54) is 6.42 Å². The maximum Gasteiger partial charge on any atom is 0.289 e. The topological polar surface area (TPSA) is 125 Å². The summed E-state index contributed by atoms with van der Waals surface area (Å²) in [5.74, 6) is -1.77. The summed E-state index contributed by atoms with van der Waals surface area (Å²) in [5.41, 5.74) is 0.897. The van der Waals surface area contributed by atoms with Gasteiger partial charge in [0, 0.05) is 32.0 Å². The molecule has 1 aromatic rings. The van der Waals surface area contributed by atoms with Crippen molar-refractivity contribution in [3.05, 3.63) is 48.6 Å². The van der Waals surface area contributed by atoms with Crippen molar-refractivity contribution in [2.45, 2.75) is 90.8 Å². The highest BCUT2D eigenvalue weighted by molar-refractivity contribution is 6.38. The van der Waals surface area contributed by atoms with Crippen LogP contribution in [0, 0.1) is 29.1 Å².